The molecule has 0 radical (unpaired) electrons. The number of likely N-dealkylation sites (N-methyl/N-ethyl adjacent to an activating group) is 1. The van der Waals surface area contributed by atoms with Crippen LogP contribution in [0.2, 0.25) is 5.02 Å². The number of hydrogen-bond acceptors (Lipinski definition) is 2. The Labute approximate surface area is 155 Å². The lowest BCUT2D eigenvalue weighted by Gasteiger charge is -2.25. The first-order valence-electron chi connectivity index (χ1n) is 8.38. The summed E-state index contributed by atoms with van der Waals surface area (Å²) in [5.74, 6) is 0.145. The number of allylic oxidation sites excluding steroid dienone is 1. The predicted octanol–water partition coefficient (Wildman–Crippen LogP) is 4.49. The van der Waals surface area contributed by atoms with Crippen LogP contribution >= 0.6 is 11.6 Å². The van der Waals surface area contributed by atoms with E-state index in [2.05, 4.69) is 61.2 Å². The number of phenols is 1. The van der Waals surface area contributed by atoms with Gasteiger partial charge in [0.15, 0.2) is 0 Å². The van der Waals surface area contributed by atoms with Gasteiger partial charge in [0, 0.05) is 12.6 Å². The fraction of sp³-hybridized carbons (Fsp3) is 0.273. The maximum absolute atomic E-state index is 9.50. The number of aromatic hydroxyl groups is 1. The number of rotatable bonds is 4. The van der Waals surface area contributed by atoms with E-state index in [-0.39, 0.29) is 5.75 Å². The Morgan fingerprint density at radius 2 is 1.88 bits per heavy atom. The van der Waals surface area contributed by atoms with Crippen LogP contribution < -0.4 is 0 Å². The van der Waals surface area contributed by atoms with Crippen molar-refractivity contribution in [1.29, 1.82) is 0 Å². The standard InChI is InChI=1S/C20H22ClNO.C2H2/c1-22(12-11-15-9-10-20(23)19(21)13-15)18-8-4-7-16-5-2-3-6-17(16)14-18;1-2/h2-6,8-10,13,18,23H,7,11-12,14H2,1H3;1-2H. The highest BCUT2D eigenvalue weighted by Crippen LogP contribution is 2.24. The Bertz CT molecular complexity index is 751. The molecule has 0 saturated heterocycles. The minimum Gasteiger partial charge on any atom is -0.506 e. The third kappa shape index (κ3) is 5.13. The highest BCUT2D eigenvalue weighted by atomic mass is 35.5. The van der Waals surface area contributed by atoms with Gasteiger partial charge in [0.05, 0.1) is 5.02 Å². The molecular formula is C22H24ClNO. The fourth-order valence-corrected chi connectivity index (χ4v) is 3.28. The summed E-state index contributed by atoms with van der Waals surface area (Å²) in [5.41, 5.74) is 4.03. The molecule has 1 unspecified atom stereocenters. The van der Waals surface area contributed by atoms with Crippen LogP contribution in [0.25, 0.3) is 0 Å². The molecule has 0 amide bonds. The Morgan fingerprint density at radius 3 is 2.60 bits per heavy atom. The van der Waals surface area contributed by atoms with Crippen molar-refractivity contribution in [2.45, 2.75) is 25.3 Å². The van der Waals surface area contributed by atoms with Gasteiger partial charge >= 0.3 is 0 Å². The Morgan fingerprint density at radius 1 is 1.16 bits per heavy atom. The van der Waals surface area contributed by atoms with E-state index >= 15 is 0 Å². The van der Waals surface area contributed by atoms with Gasteiger partial charge in [-0.3, -0.25) is 4.90 Å². The van der Waals surface area contributed by atoms with Crippen LogP contribution in [0, 0.1) is 12.8 Å². The lowest BCUT2D eigenvalue weighted by Crippen LogP contribution is -2.33. The van der Waals surface area contributed by atoms with Crippen molar-refractivity contribution in [3.05, 3.63) is 76.3 Å². The second-order valence-corrected chi connectivity index (χ2v) is 6.60. The molecule has 0 saturated carbocycles. The lowest BCUT2D eigenvalue weighted by molar-refractivity contribution is 0.284. The van der Waals surface area contributed by atoms with Gasteiger partial charge in [-0.2, -0.15) is 0 Å². The van der Waals surface area contributed by atoms with Crippen molar-refractivity contribution >= 4 is 11.6 Å². The summed E-state index contributed by atoms with van der Waals surface area (Å²) in [5, 5.41) is 9.92. The molecule has 3 rings (SSSR count). The van der Waals surface area contributed by atoms with Crippen LogP contribution in [0.4, 0.5) is 0 Å². The van der Waals surface area contributed by atoms with Gasteiger partial charge in [0.1, 0.15) is 5.75 Å². The number of hydrogen-bond donors (Lipinski definition) is 1. The first-order chi connectivity index (χ1) is 12.1. The van der Waals surface area contributed by atoms with Crippen LogP contribution in [-0.2, 0) is 19.3 Å². The van der Waals surface area contributed by atoms with E-state index in [0.29, 0.717) is 11.1 Å². The summed E-state index contributed by atoms with van der Waals surface area (Å²) < 4.78 is 0. The molecule has 2 aromatic rings. The van der Waals surface area contributed by atoms with E-state index in [0.717, 1.165) is 31.4 Å². The first kappa shape index (κ1) is 19.1. The van der Waals surface area contributed by atoms with Gasteiger partial charge in [-0.05, 0) is 55.1 Å². The third-order valence-electron chi connectivity index (χ3n) is 4.57. The van der Waals surface area contributed by atoms with Crippen molar-refractivity contribution < 1.29 is 5.11 Å². The fourth-order valence-electron chi connectivity index (χ4n) is 3.08. The van der Waals surface area contributed by atoms with Crippen LogP contribution in [0.3, 0.4) is 0 Å². The lowest BCUT2D eigenvalue weighted by atomic mass is 10.0. The number of benzene rings is 2. The molecule has 2 nitrogen and oxygen atoms in total. The summed E-state index contributed by atoms with van der Waals surface area (Å²) in [6.45, 7) is 0.957. The molecule has 1 atom stereocenters. The van der Waals surface area contributed by atoms with E-state index in [9.17, 15) is 5.11 Å². The van der Waals surface area contributed by atoms with E-state index in [1.54, 1.807) is 6.07 Å². The van der Waals surface area contributed by atoms with E-state index < -0.39 is 0 Å². The molecule has 0 spiro atoms. The molecule has 0 heterocycles. The molecular weight excluding hydrogens is 330 g/mol. The minimum absolute atomic E-state index is 0.145. The molecule has 1 N–H and O–H groups in total. The number of nitrogens with zero attached hydrogens (tertiary/aromatic N) is 1. The zero-order valence-corrected chi connectivity index (χ0v) is 15.3. The van der Waals surface area contributed by atoms with Crippen LogP contribution in [0.15, 0.2) is 54.6 Å². The first-order valence-corrected chi connectivity index (χ1v) is 8.75. The summed E-state index contributed by atoms with van der Waals surface area (Å²) >= 11 is 5.98. The van der Waals surface area contributed by atoms with Crippen molar-refractivity contribution in [3.8, 4) is 18.6 Å². The number of terminal acetylenes is 1. The molecule has 1 aliphatic carbocycles. The largest absolute Gasteiger partial charge is 0.506 e. The SMILES string of the molecule is C#C.CN(CCc1ccc(O)c(Cl)c1)C1C=CCc2ccccc2C1. The second-order valence-electron chi connectivity index (χ2n) is 6.19. The summed E-state index contributed by atoms with van der Waals surface area (Å²) in [7, 11) is 2.17. The Balaban J connectivity index is 0.00000109. The van der Waals surface area contributed by atoms with Crippen molar-refractivity contribution in [1.82, 2.24) is 4.90 Å². The zero-order chi connectivity index (χ0) is 18.2. The molecule has 0 aromatic heterocycles. The Hall–Kier alpha value is -2.21. The van der Waals surface area contributed by atoms with Gasteiger partial charge in [-0.25, -0.2) is 0 Å². The third-order valence-corrected chi connectivity index (χ3v) is 4.88. The van der Waals surface area contributed by atoms with Gasteiger partial charge < -0.3 is 5.11 Å². The van der Waals surface area contributed by atoms with Crippen LogP contribution in [0.1, 0.15) is 16.7 Å². The average molecular weight is 354 g/mol. The molecule has 25 heavy (non-hydrogen) atoms. The quantitative estimate of drug-likeness (QED) is 0.646. The highest BCUT2D eigenvalue weighted by Gasteiger charge is 2.16. The number of fused-ring (bicyclic) bond motifs is 1. The van der Waals surface area contributed by atoms with E-state index in [4.69, 9.17) is 11.6 Å². The summed E-state index contributed by atoms with van der Waals surface area (Å²) in [6, 6.07) is 14.6. The van der Waals surface area contributed by atoms with Crippen LogP contribution in [-0.4, -0.2) is 29.6 Å². The molecule has 3 heteroatoms. The van der Waals surface area contributed by atoms with Crippen molar-refractivity contribution in [2.24, 2.45) is 0 Å². The Kier molecular flexibility index (Phi) is 7.13. The summed E-state index contributed by atoms with van der Waals surface area (Å²) in [4.78, 5) is 2.39. The number of phenolic OH excluding ortho intramolecular Hbond substituents is 1. The molecule has 0 aliphatic heterocycles. The molecule has 0 fully saturated rings. The van der Waals surface area contributed by atoms with Gasteiger partial charge in [0.25, 0.3) is 0 Å². The second kappa shape index (κ2) is 9.32. The zero-order valence-electron chi connectivity index (χ0n) is 14.5. The topological polar surface area (TPSA) is 23.5 Å². The number of halogens is 1. The monoisotopic (exact) mass is 353 g/mol. The van der Waals surface area contributed by atoms with Gasteiger partial charge in [0.2, 0.25) is 0 Å². The maximum Gasteiger partial charge on any atom is 0.134 e. The minimum atomic E-state index is 0.145. The van der Waals surface area contributed by atoms with Crippen molar-refractivity contribution in [3.63, 3.8) is 0 Å². The molecule has 2 aromatic carbocycles. The van der Waals surface area contributed by atoms with E-state index in [1.807, 2.05) is 12.1 Å². The van der Waals surface area contributed by atoms with E-state index in [1.165, 1.54) is 11.1 Å². The normalized spacial score (nSPS) is 15.8. The van der Waals surface area contributed by atoms with Crippen LogP contribution in [0.5, 0.6) is 5.75 Å². The summed E-state index contributed by atoms with van der Waals surface area (Å²) in [6.07, 6.45) is 15.6. The van der Waals surface area contributed by atoms with Gasteiger partial charge in [-0.15, -0.1) is 12.8 Å². The predicted molar refractivity (Wildman–Crippen MR) is 106 cm³/mol. The highest BCUT2D eigenvalue weighted by molar-refractivity contribution is 6.32. The average Bonchev–Trinajstić information content (AvgIpc) is 2.86. The van der Waals surface area contributed by atoms with Crippen molar-refractivity contribution in [2.75, 3.05) is 13.6 Å². The smallest absolute Gasteiger partial charge is 0.134 e. The molecule has 1 aliphatic rings. The molecule has 130 valence electrons. The molecule has 0 bridgehead atoms. The van der Waals surface area contributed by atoms with Gasteiger partial charge in [-0.1, -0.05) is 54.1 Å². The maximum atomic E-state index is 9.50.